The Kier molecular flexibility index (Phi) is 14.6. The Morgan fingerprint density at radius 2 is 1.15 bits per heavy atom. The number of esters is 1. The van der Waals surface area contributed by atoms with Crippen molar-refractivity contribution in [3.8, 4) is 11.1 Å². The molecule has 2 aliphatic carbocycles. The Morgan fingerprint density at radius 3 is 1.72 bits per heavy atom. The van der Waals surface area contributed by atoms with Crippen LogP contribution < -0.4 is 0 Å². The van der Waals surface area contributed by atoms with E-state index in [2.05, 4.69) is 48.5 Å². The van der Waals surface area contributed by atoms with Gasteiger partial charge in [0.1, 0.15) is 12.6 Å². The van der Waals surface area contributed by atoms with E-state index in [1.165, 1.54) is 80.2 Å². The number of nitrogens with zero attached hydrogens (tertiary/aromatic N) is 2. The summed E-state index contributed by atoms with van der Waals surface area (Å²) in [5.41, 5.74) is 6.22. The number of rotatable bonds is 11. The zero-order valence-corrected chi connectivity index (χ0v) is 36.6. The van der Waals surface area contributed by atoms with E-state index in [4.69, 9.17) is 21.1 Å². The van der Waals surface area contributed by atoms with Crippen LogP contribution in [-0.4, -0.2) is 61.6 Å². The summed E-state index contributed by atoms with van der Waals surface area (Å²) >= 11 is 7.05. The second-order valence-electron chi connectivity index (χ2n) is 16.9. The average molecular weight is 840 g/mol. The van der Waals surface area contributed by atoms with Gasteiger partial charge in [-0.05, 0) is 52.6 Å². The van der Waals surface area contributed by atoms with Gasteiger partial charge in [0, 0.05) is 48.8 Å². The maximum absolute atomic E-state index is 14.7. The molecule has 0 aromatic heterocycles. The number of hydrogen-bond donors (Lipinski definition) is 0. The van der Waals surface area contributed by atoms with Gasteiger partial charge in [0.15, 0.2) is 5.60 Å². The van der Waals surface area contributed by atoms with E-state index < -0.39 is 36.0 Å². The van der Waals surface area contributed by atoms with Gasteiger partial charge in [-0.1, -0.05) is 191 Å². The molecular weight excluding hydrogens is 780 g/mol. The quantitative estimate of drug-likeness (QED) is 0.0978. The Bertz CT molecular complexity index is 2200. The molecule has 61 heavy (non-hydrogen) atoms. The minimum absolute atomic E-state index is 0.0744. The van der Waals surface area contributed by atoms with Gasteiger partial charge in [-0.2, -0.15) is 0 Å². The molecule has 5 aromatic carbocycles. The monoisotopic (exact) mass is 838 g/mol. The number of fused-ring (bicyclic) bond motifs is 3. The lowest BCUT2D eigenvalue weighted by Crippen LogP contribution is -2.49. The Balaban J connectivity index is 1.17. The summed E-state index contributed by atoms with van der Waals surface area (Å²) in [5, 5.41) is 0.430. The van der Waals surface area contributed by atoms with Crippen LogP contribution in [0, 0.1) is 0 Å². The first-order chi connectivity index (χ1) is 29.7. The molecule has 318 valence electrons. The number of likely N-dealkylation sites (N-methyl/N-ethyl adjacent to an activating group) is 2. The molecule has 0 radical (unpaired) electrons. The molecule has 5 aromatic rings. The first-order valence-electron chi connectivity index (χ1n) is 22.1. The van der Waals surface area contributed by atoms with Gasteiger partial charge in [-0.3, -0.25) is 14.5 Å². The largest absolute Gasteiger partial charge is 0.448 e. The van der Waals surface area contributed by atoms with Crippen molar-refractivity contribution < 1.29 is 23.9 Å². The molecule has 1 unspecified atom stereocenters. The third-order valence-electron chi connectivity index (χ3n) is 12.8. The molecule has 1 saturated carbocycles. The fraction of sp³-hybridized carbons (Fsp3) is 0.377. The van der Waals surface area contributed by atoms with Crippen molar-refractivity contribution in [1.82, 2.24) is 9.80 Å². The van der Waals surface area contributed by atoms with Crippen molar-refractivity contribution in [3.05, 3.63) is 166 Å². The predicted molar refractivity (Wildman–Crippen MR) is 244 cm³/mol. The summed E-state index contributed by atoms with van der Waals surface area (Å²) in [7, 11) is 4.71. The second kappa shape index (κ2) is 20.4. The van der Waals surface area contributed by atoms with Crippen LogP contribution in [0.5, 0.6) is 0 Å². The van der Waals surface area contributed by atoms with E-state index in [1.54, 1.807) is 20.2 Å². The highest BCUT2D eigenvalue weighted by Gasteiger charge is 2.44. The highest BCUT2D eigenvalue weighted by Crippen LogP contribution is 2.46. The molecule has 0 bridgehead atoms. The maximum atomic E-state index is 14.7. The van der Waals surface area contributed by atoms with Gasteiger partial charge in [-0.15, -0.1) is 0 Å². The van der Waals surface area contributed by atoms with E-state index in [0.29, 0.717) is 22.1 Å². The minimum Gasteiger partial charge on any atom is -0.448 e. The van der Waals surface area contributed by atoms with Crippen LogP contribution in [0.25, 0.3) is 11.1 Å². The number of carbonyl (C=O) groups excluding carboxylic acids is 3. The predicted octanol–water partition coefficient (Wildman–Crippen LogP) is 12.3. The van der Waals surface area contributed by atoms with Crippen LogP contribution in [0.2, 0.25) is 5.02 Å². The van der Waals surface area contributed by atoms with Crippen molar-refractivity contribution in [3.63, 3.8) is 0 Å². The van der Waals surface area contributed by atoms with Gasteiger partial charge in [0.05, 0.1) is 6.42 Å². The second-order valence-corrected chi connectivity index (χ2v) is 17.4. The highest BCUT2D eigenvalue weighted by molar-refractivity contribution is 6.31. The molecule has 2 amide bonds. The molecular formula is C53H59ClN2O5. The van der Waals surface area contributed by atoms with E-state index in [-0.39, 0.29) is 12.5 Å². The van der Waals surface area contributed by atoms with E-state index in [0.717, 1.165) is 40.7 Å². The highest BCUT2D eigenvalue weighted by atomic mass is 35.5. The first kappa shape index (κ1) is 43.7. The molecule has 0 N–H and O–H groups in total. The van der Waals surface area contributed by atoms with Gasteiger partial charge >= 0.3 is 12.1 Å². The standard InChI is InChI=1S/C53H59ClN2O5/c1-55(2)51(58)49(56(3)52(59)60-37-46-44-28-18-16-26-42(44)43-27-17-19-29-45(43)46)36-50(57)61-53(40-24-14-11-15-25-40,47-30-20-21-31-48(47)54)41-34-32-39(33-35-41)38-22-12-9-7-5-4-6-8-10-13-23-38/h11,14-21,24-35,38,46,49H,4-10,12-13,22-23,36-37H2,1-3H3/t49-,53?/m0/s1. The fourth-order valence-corrected chi connectivity index (χ4v) is 9.71. The normalized spacial score (nSPS) is 16.4. The third kappa shape index (κ3) is 9.89. The summed E-state index contributed by atoms with van der Waals surface area (Å²) in [6.07, 6.45) is 12.8. The first-order valence-corrected chi connectivity index (χ1v) is 22.5. The lowest BCUT2D eigenvalue weighted by atomic mass is 9.78. The Hall–Kier alpha value is -5.40. The molecule has 7 rings (SSSR count). The molecule has 0 saturated heterocycles. The molecule has 7 nitrogen and oxygen atoms in total. The smallest absolute Gasteiger partial charge is 0.410 e. The molecule has 2 atom stereocenters. The maximum Gasteiger partial charge on any atom is 0.410 e. The topological polar surface area (TPSA) is 76.2 Å². The van der Waals surface area contributed by atoms with Crippen LogP contribution in [0.3, 0.4) is 0 Å². The molecule has 2 aliphatic rings. The van der Waals surface area contributed by atoms with E-state index >= 15 is 0 Å². The number of amides is 2. The van der Waals surface area contributed by atoms with E-state index in [1.807, 2.05) is 72.8 Å². The zero-order chi connectivity index (χ0) is 42.8. The summed E-state index contributed by atoms with van der Waals surface area (Å²) in [6.45, 7) is 0.0744. The molecule has 0 aliphatic heterocycles. The van der Waals surface area contributed by atoms with Crippen LogP contribution in [0.15, 0.2) is 127 Å². The van der Waals surface area contributed by atoms with Gasteiger partial charge in [-0.25, -0.2) is 4.79 Å². The van der Waals surface area contributed by atoms with Crippen LogP contribution in [-0.2, 0) is 24.7 Å². The van der Waals surface area contributed by atoms with Crippen molar-refractivity contribution in [1.29, 1.82) is 0 Å². The van der Waals surface area contributed by atoms with Gasteiger partial charge in [0.2, 0.25) is 5.91 Å². The van der Waals surface area contributed by atoms with Crippen LogP contribution in [0.1, 0.15) is 122 Å². The van der Waals surface area contributed by atoms with E-state index in [9.17, 15) is 14.4 Å². The summed E-state index contributed by atoms with van der Waals surface area (Å²) in [6, 6.07) is 40.6. The lowest BCUT2D eigenvalue weighted by molar-refractivity contribution is -0.157. The number of halogens is 1. The lowest BCUT2D eigenvalue weighted by Gasteiger charge is -2.37. The summed E-state index contributed by atoms with van der Waals surface area (Å²) < 4.78 is 12.8. The Labute approximate surface area is 367 Å². The SMILES string of the molecule is CN(C)C(=O)[C@H](CC(=O)OC(c1ccccc1)(c1ccc(C2CCCCCCCCCCC2)cc1)c1ccccc1Cl)N(C)C(=O)OCC1c2ccccc2-c2ccccc21. The minimum atomic E-state index is -1.48. The average Bonchev–Trinajstić information content (AvgIpc) is 3.60. The van der Waals surface area contributed by atoms with Crippen molar-refractivity contribution in [2.45, 2.75) is 101 Å². The van der Waals surface area contributed by atoms with Crippen LogP contribution in [0.4, 0.5) is 4.79 Å². The van der Waals surface area contributed by atoms with Gasteiger partial charge in [0.25, 0.3) is 0 Å². The van der Waals surface area contributed by atoms with Crippen molar-refractivity contribution >= 4 is 29.6 Å². The Morgan fingerprint density at radius 1 is 0.639 bits per heavy atom. The van der Waals surface area contributed by atoms with Gasteiger partial charge < -0.3 is 14.4 Å². The molecule has 8 heteroatoms. The number of benzene rings is 5. The molecule has 1 fully saturated rings. The van der Waals surface area contributed by atoms with Crippen LogP contribution >= 0.6 is 11.6 Å². The fourth-order valence-electron chi connectivity index (χ4n) is 9.44. The zero-order valence-electron chi connectivity index (χ0n) is 35.9. The number of carbonyl (C=O) groups is 3. The number of ether oxygens (including phenoxy) is 2. The van der Waals surface area contributed by atoms with Crippen molar-refractivity contribution in [2.75, 3.05) is 27.7 Å². The molecule has 0 spiro atoms. The number of hydrogen-bond acceptors (Lipinski definition) is 5. The third-order valence-corrected chi connectivity index (χ3v) is 13.1. The molecule has 0 heterocycles. The summed E-state index contributed by atoms with van der Waals surface area (Å²) in [5.74, 6) is -0.821. The summed E-state index contributed by atoms with van der Waals surface area (Å²) in [4.78, 5) is 45.1. The van der Waals surface area contributed by atoms with Crippen molar-refractivity contribution in [2.24, 2.45) is 0 Å².